The van der Waals surface area contributed by atoms with Crippen LogP contribution in [0.5, 0.6) is 5.75 Å². The molecule has 0 radical (unpaired) electrons. The lowest BCUT2D eigenvalue weighted by Crippen LogP contribution is -2.34. The number of methoxy groups -OCH3 is 1. The highest BCUT2D eigenvalue weighted by Crippen LogP contribution is 2.18. The largest absolute Gasteiger partial charge is 0.495 e. The number of aromatic nitrogens is 5. The summed E-state index contributed by atoms with van der Waals surface area (Å²) in [7, 11) is 1.62. The summed E-state index contributed by atoms with van der Waals surface area (Å²) in [5.74, 6) is 1.18. The second-order valence-electron chi connectivity index (χ2n) is 7.80. The highest BCUT2D eigenvalue weighted by atomic mass is 35.5. The molecule has 2 heterocycles. The van der Waals surface area contributed by atoms with Gasteiger partial charge in [-0.2, -0.15) is 4.80 Å². The molecule has 3 aromatic rings. The molecule has 0 aliphatic heterocycles. The second kappa shape index (κ2) is 12.8. The number of nitrogens with zero attached hydrogens (tertiary/aromatic N) is 6. The van der Waals surface area contributed by atoms with Gasteiger partial charge in [0.1, 0.15) is 5.75 Å². The van der Waals surface area contributed by atoms with Crippen LogP contribution in [0.3, 0.4) is 0 Å². The summed E-state index contributed by atoms with van der Waals surface area (Å²) < 4.78 is 5.16. The van der Waals surface area contributed by atoms with Crippen LogP contribution in [0.4, 0.5) is 0 Å². The summed E-state index contributed by atoms with van der Waals surface area (Å²) in [4.78, 5) is 20.6. The SMILES string of the molecule is CCCN(CCNC(=O)C=Cc1ccc(Cl)cc1Cn1nnc(C)n1)Cc1ccc(OC)cn1. The van der Waals surface area contributed by atoms with E-state index in [0.717, 1.165) is 42.1 Å². The third-order valence-electron chi connectivity index (χ3n) is 5.07. The van der Waals surface area contributed by atoms with E-state index in [4.69, 9.17) is 16.3 Å². The Kier molecular flexibility index (Phi) is 9.54. The van der Waals surface area contributed by atoms with E-state index in [1.165, 1.54) is 10.9 Å². The number of tetrazole rings is 1. The topological polar surface area (TPSA) is 98.1 Å². The van der Waals surface area contributed by atoms with Gasteiger partial charge in [-0.05, 0) is 66.6 Å². The first-order valence-electron chi connectivity index (χ1n) is 11.2. The van der Waals surface area contributed by atoms with Gasteiger partial charge in [0.05, 0.1) is 25.5 Å². The lowest BCUT2D eigenvalue weighted by molar-refractivity contribution is -0.116. The lowest BCUT2D eigenvalue weighted by atomic mass is 10.1. The van der Waals surface area contributed by atoms with E-state index in [1.54, 1.807) is 32.4 Å². The third kappa shape index (κ3) is 7.93. The zero-order chi connectivity index (χ0) is 24.3. The van der Waals surface area contributed by atoms with Crippen LogP contribution in [-0.2, 0) is 17.9 Å². The van der Waals surface area contributed by atoms with Gasteiger partial charge in [-0.25, -0.2) is 0 Å². The minimum absolute atomic E-state index is 0.158. The van der Waals surface area contributed by atoms with Crippen molar-refractivity contribution in [3.8, 4) is 5.75 Å². The van der Waals surface area contributed by atoms with Gasteiger partial charge in [-0.3, -0.25) is 14.7 Å². The molecule has 0 spiro atoms. The first-order valence-corrected chi connectivity index (χ1v) is 11.5. The molecule has 34 heavy (non-hydrogen) atoms. The minimum Gasteiger partial charge on any atom is -0.495 e. The summed E-state index contributed by atoms with van der Waals surface area (Å²) in [6.45, 7) is 7.22. The van der Waals surface area contributed by atoms with Crippen LogP contribution in [-0.4, -0.2) is 62.7 Å². The molecule has 9 nitrogen and oxygen atoms in total. The Bertz CT molecular complexity index is 1100. The smallest absolute Gasteiger partial charge is 0.244 e. The number of benzene rings is 1. The fraction of sp³-hybridized carbons (Fsp3) is 0.375. The van der Waals surface area contributed by atoms with Gasteiger partial charge in [0.25, 0.3) is 0 Å². The molecular formula is C24H30ClN7O2. The van der Waals surface area contributed by atoms with Gasteiger partial charge in [-0.1, -0.05) is 24.6 Å². The number of carbonyl (C=O) groups excluding carboxylic acids is 1. The molecule has 0 fully saturated rings. The summed E-state index contributed by atoms with van der Waals surface area (Å²) in [6, 6.07) is 9.37. The number of pyridine rings is 1. The van der Waals surface area contributed by atoms with E-state index in [1.807, 2.05) is 24.3 Å². The van der Waals surface area contributed by atoms with E-state index < -0.39 is 0 Å². The van der Waals surface area contributed by atoms with Crippen LogP contribution in [0.1, 0.15) is 36.0 Å². The van der Waals surface area contributed by atoms with Crippen molar-refractivity contribution in [2.45, 2.75) is 33.4 Å². The number of aryl methyl sites for hydroxylation is 1. The number of rotatable bonds is 12. The first kappa shape index (κ1) is 25.3. The molecule has 0 saturated carbocycles. The van der Waals surface area contributed by atoms with Gasteiger partial charge in [0.15, 0.2) is 5.82 Å². The Morgan fingerprint density at radius 3 is 2.79 bits per heavy atom. The van der Waals surface area contributed by atoms with E-state index in [0.29, 0.717) is 30.5 Å². The fourth-order valence-corrected chi connectivity index (χ4v) is 3.61. The standard InChI is InChI=1S/C24H30ClN7O2/c1-4-12-31(17-22-8-9-23(34-3)15-27-22)13-11-26-24(33)10-6-19-5-7-21(25)14-20(19)16-32-29-18(2)28-30-32/h5-10,14-15H,4,11-13,16-17H2,1-3H3,(H,26,33). The minimum atomic E-state index is -0.158. The normalized spacial score (nSPS) is 11.3. The van der Waals surface area contributed by atoms with E-state index in [-0.39, 0.29) is 5.91 Å². The van der Waals surface area contributed by atoms with Crippen LogP contribution in [0.2, 0.25) is 5.02 Å². The van der Waals surface area contributed by atoms with Crippen LogP contribution >= 0.6 is 11.6 Å². The van der Waals surface area contributed by atoms with Crippen LogP contribution < -0.4 is 10.1 Å². The van der Waals surface area contributed by atoms with Crippen molar-refractivity contribution in [2.75, 3.05) is 26.7 Å². The molecule has 1 aromatic carbocycles. The van der Waals surface area contributed by atoms with E-state index in [2.05, 4.69) is 37.5 Å². The summed E-state index contributed by atoms with van der Waals surface area (Å²) >= 11 is 6.16. The number of nitrogens with one attached hydrogen (secondary N) is 1. The average molecular weight is 484 g/mol. The average Bonchev–Trinajstić information content (AvgIpc) is 3.23. The van der Waals surface area contributed by atoms with Crippen molar-refractivity contribution in [3.63, 3.8) is 0 Å². The number of ether oxygens (including phenoxy) is 1. The van der Waals surface area contributed by atoms with Crippen molar-refractivity contribution in [1.29, 1.82) is 0 Å². The molecule has 0 bridgehead atoms. The highest BCUT2D eigenvalue weighted by molar-refractivity contribution is 6.30. The molecule has 2 aromatic heterocycles. The number of halogens is 1. The third-order valence-corrected chi connectivity index (χ3v) is 5.30. The molecule has 0 unspecified atom stereocenters. The van der Waals surface area contributed by atoms with Crippen molar-refractivity contribution in [3.05, 3.63) is 70.3 Å². The predicted molar refractivity (Wildman–Crippen MR) is 132 cm³/mol. The molecule has 0 aliphatic rings. The van der Waals surface area contributed by atoms with Crippen molar-refractivity contribution in [1.82, 2.24) is 35.4 Å². The quantitative estimate of drug-likeness (QED) is 0.395. The van der Waals surface area contributed by atoms with Crippen molar-refractivity contribution < 1.29 is 9.53 Å². The maximum absolute atomic E-state index is 12.4. The molecule has 1 amide bonds. The molecular weight excluding hydrogens is 454 g/mol. The predicted octanol–water partition coefficient (Wildman–Crippen LogP) is 3.13. The van der Waals surface area contributed by atoms with Gasteiger partial charge in [0, 0.05) is 30.7 Å². The number of hydrogen-bond donors (Lipinski definition) is 1. The zero-order valence-corrected chi connectivity index (χ0v) is 20.5. The monoisotopic (exact) mass is 483 g/mol. The number of amides is 1. The van der Waals surface area contributed by atoms with E-state index in [9.17, 15) is 4.79 Å². The first-order chi connectivity index (χ1) is 16.5. The molecule has 0 aliphatic carbocycles. The summed E-state index contributed by atoms with van der Waals surface area (Å²) in [6.07, 6.45) is 6.04. The lowest BCUT2D eigenvalue weighted by Gasteiger charge is -2.21. The molecule has 10 heteroatoms. The van der Waals surface area contributed by atoms with Gasteiger partial charge in [0.2, 0.25) is 5.91 Å². The number of hydrogen-bond acceptors (Lipinski definition) is 7. The Hall–Kier alpha value is -3.30. The molecule has 0 saturated heterocycles. The van der Waals surface area contributed by atoms with Gasteiger partial charge in [-0.15, -0.1) is 10.2 Å². The maximum Gasteiger partial charge on any atom is 0.244 e. The highest BCUT2D eigenvalue weighted by Gasteiger charge is 2.08. The maximum atomic E-state index is 12.4. The Morgan fingerprint density at radius 2 is 2.12 bits per heavy atom. The molecule has 180 valence electrons. The molecule has 0 atom stereocenters. The van der Waals surface area contributed by atoms with E-state index >= 15 is 0 Å². The number of carbonyl (C=O) groups is 1. The van der Waals surface area contributed by atoms with Crippen molar-refractivity contribution in [2.24, 2.45) is 0 Å². The second-order valence-corrected chi connectivity index (χ2v) is 8.24. The summed E-state index contributed by atoms with van der Waals surface area (Å²) in [5.41, 5.74) is 2.73. The van der Waals surface area contributed by atoms with Gasteiger partial charge >= 0.3 is 0 Å². The zero-order valence-electron chi connectivity index (χ0n) is 19.7. The fourth-order valence-electron chi connectivity index (χ4n) is 3.42. The molecule has 1 N–H and O–H groups in total. The van der Waals surface area contributed by atoms with Crippen LogP contribution in [0.15, 0.2) is 42.6 Å². The Morgan fingerprint density at radius 1 is 1.26 bits per heavy atom. The van der Waals surface area contributed by atoms with Gasteiger partial charge < -0.3 is 10.1 Å². The Labute approximate surface area is 204 Å². The van der Waals surface area contributed by atoms with Crippen LogP contribution in [0.25, 0.3) is 6.08 Å². The Balaban J connectivity index is 1.53. The molecule has 3 rings (SSSR count). The van der Waals surface area contributed by atoms with Crippen LogP contribution in [0, 0.1) is 6.92 Å². The summed E-state index contributed by atoms with van der Waals surface area (Å²) in [5, 5.41) is 15.7. The van der Waals surface area contributed by atoms with Crippen molar-refractivity contribution >= 4 is 23.6 Å².